The molecule has 9 heteroatoms. The van der Waals surface area contributed by atoms with Crippen molar-refractivity contribution in [1.82, 2.24) is 5.32 Å². The number of nitrogens with one attached hydrogen (secondary N) is 1. The topological polar surface area (TPSA) is 105 Å². The second-order valence-electron chi connectivity index (χ2n) is 12.2. The molecule has 0 rings (SSSR count). The quantitative estimate of drug-likeness (QED) is 0.0382. The summed E-state index contributed by atoms with van der Waals surface area (Å²) in [7, 11) is 1.59. The van der Waals surface area contributed by atoms with Crippen molar-refractivity contribution < 1.29 is 32.9 Å². The van der Waals surface area contributed by atoms with Gasteiger partial charge in [-0.05, 0) is 38.5 Å². The normalized spacial score (nSPS) is 15.3. The highest BCUT2D eigenvalue weighted by atomic mass is 31.2. The Morgan fingerprint density at radius 3 is 1.93 bits per heavy atom. The van der Waals surface area contributed by atoms with Gasteiger partial charge in [0.15, 0.2) is 0 Å². The molecule has 40 heavy (non-hydrogen) atoms. The summed E-state index contributed by atoms with van der Waals surface area (Å²) in [4.78, 5) is 22.8. The Morgan fingerprint density at radius 1 is 0.825 bits per heavy atom. The summed E-state index contributed by atoms with van der Waals surface area (Å²) in [5.74, 6) is -0.163. The van der Waals surface area contributed by atoms with Crippen molar-refractivity contribution in [2.45, 2.75) is 142 Å². The van der Waals surface area contributed by atoms with Crippen molar-refractivity contribution in [2.24, 2.45) is 0 Å². The zero-order valence-electron chi connectivity index (χ0n) is 26.6. The molecule has 0 heterocycles. The second kappa shape index (κ2) is 24.8. The number of nitrogens with zero attached hydrogens (tertiary/aromatic N) is 1. The molecule has 0 saturated heterocycles. The second-order valence-corrected chi connectivity index (χ2v) is 13.6. The number of amides is 1. The van der Waals surface area contributed by atoms with E-state index in [1.165, 1.54) is 57.8 Å². The van der Waals surface area contributed by atoms with Crippen molar-refractivity contribution >= 4 is 13.7 Å². The van der Waals surface area contributed by atoms with E-state index in [0.717, 1.165) is 44.9 Å². The van der Waals surface area contributed by atoms with Crippen LogP contribution in [0.1, 0.15) is 129 Å². The van der Waals surface area contributed by atoms with Gasteiger partial charge in [-0.25, -0.2) is 4.57 Å². The molecule has 0 aromatic heterocycles. The van der Waals surface area contributed by atoms with E-state index in [1.807, 2.05) is 21.1 Å². The largest absolute Gasteiger partial charge is 0.472 e. The summed E-state index contributed by atoms with van der Waals surface area (Å²) in [6.45, 7) is 4.76. The summed E-state index contributed by atoms with van der Waals surface area (Å²) in [5.41, 5.74) is 0. The predicted octanol–water partition coefficient (Wildman–Crippen LogP) is 7.29. The van der Waals surface area contributed by atoms with Crippen molar-refractivity contribution in [3.63, 3.8) is 0 Å². The number of aliphatic hydroxyl groups is 1. The van der Waals surface area contributed by atoms with E-state index in [0.29, 0.717) is 23.9 Å². The monoisotopic (exact) mass is 591 g/mol. The number of unbranched alkanes of at least 4 members (excludes halogenated alkanes) is 13. The zero-order chi connectivity index (χ0) is 30.1. The van der Waals surface area contributed by atoms with Gasteiger partial charge >= 0.3 is 7.82 Å². The minimum Gasteiger partial charge on any atom is -0.391 e. The van der Waals surface area contributed by atoms with Crippen LogP contribution in [0.25, 0.3) is 0 Å². The maximum atomic E-state index is 12.6. The van der Waals surface area contributed by atoms with Crippen LogP contribution >= 0.6 is 7.82 Å². The molecule has 1 amide bonds. The Labute approximate surface area is 246 Å². The molecule has 1 unspecified atom stereocenters. The highest BCUT2D eigenvalue weighted by molar-refractivity contribution is 7.47. The Balaban J connectivity index is 4.62. The summed E-state index contributed by atoms with van der Waals surface area (Å²) >= 11 is 0. The lowest BCUT2D eigenvalue weighted by atomic mass is 10.0. The minimum absolute atomic E-state index is 0.0709. The van der Waals surface area contributed by atoms with Gasteiger partial charge in [0.2, 0.25) is 5.91 Å². The first-order chi connectivity index (χ1) is 19.0. The molecular formula is C31H64N2O6P+. The predicted molar refractivity (Wildman–Crippen MR) is 166 cm³/mol. The molecule has 0 radical (unpaired) electrons. The standard InChI is InChI=1S/C31H63N2O6P/c1-6-8-10-12-14-16-18-20-22-24-30(34)29(28-39-40(36,37)38-27-26-33(3,4)5)32-31(35)25-23-21-19-17-15-13-11-9-7-2/h14,16,29-30,34H,6-13,15,17-28H2,1-5H3,(H-,32,35,36,37)/p+1/b16-14+/t29-,30+/m0/s1. The fraction of sp³-hybridized carbons (Fsp3) is 0.903. The molecule has 0 saturated carbocycles. The molecule has 0 aliphatic carbocycles. The average molecular weight is 592 g/mol. The third-order valence-electron chi connectivity index (χ3n) is 7.01. The smallest absolute Gasteiger partial charge is 0.391 e. The van der Waals surface area contributed by atoms with Gasteiger partial charge in [0.25, 0.3) is 0 Å². The highest BCUT2D eigenvalue weighted by Crippen LogP contribution is 2.43. The Kier molecular flexibility index (Phi) is 24.3. The van der Waals surface area contributed by atoms with Crippen molar-refractivity contribution in [1.29, 1.82) is 0 Å². The van der Waals surface area contributed by atoms with Gasteiger partial charge in [0.05, 0.1) is 39.9 Å². The van der Waals surface area contributed by atoms with E-state index in [4.69, 9.17) is 9.05 Å². The lowest BCUT2D eigenvalue weighted by molar-refractivity contribution is -0.870. The van der Waals surface area contributed by atoms with Crippen LogP contribution in [0, 0.1) is 0 Å². The SMILES string of the molecule is CCCCC/C=C/CCCC[C@@H](O)[C@H](COP(=O)(O)OCC[N+](C)(C)C)NC(=O)CCCCCCCCCCC. The number of likely N-dealkylation sites (N-methyl/N-ethyl adjacent to an activating group) is 1. The highest BCUT2D eigenvalue weighted by Gasteiger charge is 2.28. The Morgan fingerprint density at radius 2 is 1.35 bits per heavy atom. The van der Waals surface area contributed by atoms with Crippen LogP contribution in [0.4, 0.5) is 0 Å². The first-order valence-corrected chi connectivity index (χ1v) is 17.5. The number of hydrogen-bond donors (Lipinski definition) is 3. The molecule has 0 aromatic rings. The summed E-state index contributed by atoms with van der Waals surface area (Å²) in [6, 6.07) is -0.766. The molecule has 3 N–H and O–H groups in total. The number of carbonyl (C=O) groups excluding carboxylic acids is 1. The molecule has 3 atom stereocenters. The summed E-state index contributed by atoms with van der Waals surface area (Å²) in [6.07, 6.45) is 22.4. The number of phosphoric acid groups is 1. The molecule has 238 valence electrons. The number of phosphoric ester groups is 1. The molecule has 8 nitrogen and oxygen atoms in total. The number of aliphatic hydroxyl groups excluding tert-OH is 1. The van der Waals surface area contributed by atoms with Crippen LogP contribution in [0.15, 0.2) is 12.2 Å². The Hall–Kier alpha value is -0.760. The lowest BCUT2D eigenvalue weighted by Crippen LogP contribution is -2.46. The minimum atomic E-state index is -4.29. The summed E-state index contributed by atoms with van der Waals surface area (Å²) < 4.78 is 23.3. The fourth-order valence-corrected chi connectivity index (χ4v) is 5.07. The van der Waals surface area contributed by atoms with Crippen LogP contribution in [0.5, 0.6) is 0 Å². The number of rotatable bonds is 28. The Bertz CT molecular complexity index is 683. The van der Waals surface area contributed by atoms with E-state index in [-0.39, 0.29) is 19.1 Å². The molecule has 0 aromatic carbocycles. The van der Waals surface area contributed by atoms with Gasteiger partial charge in [-0.1, -0.05) is 96.6 Å². The van der Waals surface area contributed by atoms with E-state index in [1.54, 1.807) is 0 Å². The molecule has 0 aliphatic heterocycles. The summed E-state index contributed by atoms with van der Waals surface area (Å²) in [5, 5.41) is 13.7. The fourth-order valence-electron chi connectivity index (χ4n) is 4.33. The van der Waals surface area contributed by atoms with Crippen LogP contribution in [0.3, 0.4) is 0 Å². The van der Waals surface area contributed by atoms with Crippen molar-refractivity contribution in [2.75, 3.05) is 40.9 Å². The van der Waals surface area contributed by atoms with Crippen LogP contribution in [-0.4, -0.2) is 73.4 Å². The van der Waals surface area contributed by atoms with Crippen molar-refractivity contribution in [3.8, 4) is 0 Å². The first-order valence-electron chi connectivity index (χ1n) is 16.1. The van der Waals surface area contributed by atoms with Gasteiger partial charge in [0, 0.05) is 6.42 Å². The third kappa shape index (κ3) is 26.2. The number of allylic oxidation sites excluding steroid dienone is 2. The van der Waals surface area contributed by atoms with E-state index in [9.17, 15) is 19.4 Å². The van der Waals surface area contributed by atoms with E-state index in [2.05, 4.69) is 31.3 Å². The number of quaternary nitrogens is 1. The zero-order valence-corrected chi connectivity index (χ0v) is 27.5. The molecule has 0 fully saturated rings. The molecule has 0 spiro atoms. The van der Waals surface area contributed by atoms with Gasteiger partial charge in [-0.15, -0.1) is 0 Å². The maximum Gasteiger partial charge on any atom is 0.472 e. The van der Waals surface area contributed by atoms with Crippen molar-refractivity contribution in [3.05, 3.63) is 12.2 Å². The van der Waals surface area contributed by atoms with E-state index >= 15 is 0 Å². The van der Waals surface area contributed by atoms with Gasteiger partial charge in [0.1, 0.15) is 13.2 Å². The van der Waals surface area contributed by atoms with Gasteiger partial charge < -0.3 is 19.8 Å². The van der Waals surface area contributed by atoms with Crippen LogP contribution < -0.4 is 5.32 Å². The van der Waals surface area contributed by atoms with Gasteiger partial charge in [-0.2, -0.15) is 0 Å². The first kappa shape index (κ1) is 39.2. The molecular weight excluding hydrogens is 527 g/mol. The number of carbonyl (C=O) groups is 1. The molecule has 0 aliphatic rings. The lowest BCUT2D eigenvalue weighted by Gasteiger charge is -2.26. The molecule has 0 bridgehead atoms. The maximum absolute atomic E-state index is 12.6. The number of hydrogen-bond acceptors (Lipinski definition) is 5. The van der Waals surface area contributed by atoms with E-state index < -0.39 is 20.0 Å². The average Bonchev–Trinajstić information content (AvgIpc) is 2.88. The van der Waals surface area contributed by atoms with Gasteiger partial charge in [-0.3, -0.25) is 13.8 Å². The van der Waals surface area contributed by atoms with Crippen LogP contribution in [-0.2, 0) is 18.4 Å². The van der Waals surface area contributed by atoms with Crippen LogP contribution in [0.2, 0.25) is 0 Å². The third-order valence-corrected chi connectivity index (χ3v) is 8.00.